The SMILES string of the molecule is CCOC(=O)CC(=O)[C@@H]1CCN(C(=O)OC)[C@H](Cc2cc(F)cc(C(F)(F)F)c2)C1. The van der Waals surface area contributed by atoms with Crippen molar-refractivity contribution < 1.29 is 41.4 Å². The molecule has 2 atom stereocenters. The van der Waals surface area contributed by atoms with E-state index in [4.69, 9.17) is 9.47 Å². The largest absolute Gasteiger partial charge is 0.466 e. The molecule has 0 radical (unpaired) electrons. The molecule has 1 fully saturated rings. The van der Waals surface area contributed by atoms with Gasteiger partial charge in [0, 0.05) is 18.5 Å². The molecule has 1 aliphatic rings. The summed E-state index contributed by atoms with van der Waals surface area (Å²) >= 11 is 0. The van der Waals surface area contributed by atoms with Gasteiger partial charge in [-0.15, -0.1) is 0 Å². The fourth-order valence-electron chi connectivity index (χ4n) is 3.60. The van der Waals surface area contributed by atoms with E-state index in [1.165, 1.54) is 12.0 Å². The lowest BCUT2D eigenvalue weighted by atomic mass is 9.84. The van der Waals surface area contributed by atoms with Crippen molar-refractivity contribution in [3.63, 3.8) is 0 Å². The van der Waals surface area contributed by atoms with E-state index in [1.54, 1.807) is 6.92 Å². The number of Topliss-reactive ketones (excluding diaryl/α,β-unsaturated/α-hetero) is 1. The lowest BCUT2D eigenvalue weighted by Crippen LogP contribution is -2.48. The number of esters is 1. The van der Waals surface area contributed by atoms with Crippen LogP contribution in [0, 0.1) is 11.7 Å². The molecule has 0 N–H and O–H groups in total. The van der Waals surface area contributed by atoms with Crippen LogP contribution in [-0.4, -0.2) is 49.0 Å². The van der Waals surface area contributed by atoms with Crippen LogP contribution in [-0.2, 0) is 31.7 Å². The first-order valence-corrected chi connectivity index (χ1v) is 9.44. The van der Waals surface area contributed by atoms with Crippen LogP contribution < -0.4 is 0 Å². The van der Waals surface area contributed by atoms with Crippen molar-refractivity contribution >= 4 is 17.8 Å². The highest BCUT2D eigenvalue weighted by Gasteiger charge is 2.37. The number of nitrogens with zero attached hydrogens (tertiary/aromatic N) is 1. The molecule has 1 amide bonds. The standard InChI is InChI=1S/C20H23F4NO5/c1-3-30-18(27)11-17(26)13-4-5-25(19(28)29-2)16(9-13)8-12-6-14(20(22,23)24)10-15(21)7-12/h6-7,10,13,16H,3-5,8-9,11H2,1-2H3/t13-,16-/m1/s1. The summed E-state index contributed by atoms with van der Waals surface area (Å²) in [5, 5.41) is 0. The molecule has 0 saturated carbocycles. The Kier molecular flexibility index (Phi) is 7.80. The fraction of sp³-hybridized carbons (Fsp3) is 0.550. The molecule has 10 heteroatoms. The maximum Gasteiger partial charge on any atom is 0.416 e. The Morgan fingerprint density at radius 2 is 1.90 bits per heavy atom. The van der Waals surface area contributed by atoms with Gasteiger partial charge >= 0.3 is 18.2 Å². The van der Waals surface area contributed by atoms with Crippen molar-refractivity contribution in [3.05, 3.63) is 35.1 Å². The predicted octanol–water partition coefficient (Wildman–Crippen LogP) is 3.76. The maximum absolute atomic E-state index is 13.7. The molecule has 0 bridgehead atoms. The normalized spacial score (nSPS) is 19.3. The minimum absolute atomic E-state index is 0.0414. The Morgan fingerprint density at radius 1 is 1.20 bits per heavy atom. The zero-order chi connectivity index (χ0) is 22.5. The summed E-state index contributed by atoms with van der Waals surface area (Å²) in [5.74, 6) is -2.64. The van der Waals surface area contributed by atoms with E-state index in [0.29, 0.717) is 6.07 Å². The molecule has 1 aromatic carbocycles. The molecule has 2 rings (SSSR count). The molecule has 0 unspecified atom stereocenters. The van der Waals surface area contributed by atoms with Gasteiger partial charge in [0.2, 0.25) is 0 Å². The number of carbonyl (C=O) groups excluding carboxylic acids is 3. The molecule has 1 heterocycles. The molecular weight excluding hydrogens is 410 g/mol. The molecule has 0 spiro atoms. The molecule has 1 aromatic rings. The van der Waals surface area contributed by atoms with E-state index in [-0.39, 0.29) is 43.8 Å². The highest BCUT2D eigenvalue weighted by atomic mass is 19.4. The van der Waals surface area contributed by atoms with Crippen LogP contribution in [0.15, 0.2) is 18.2 Å². The Morgan fingerprint density at radius 3 is 2.50 bits per heavy atom. The van der Waals surface area contributed by atoms with Crippen LogP contribution in [0.4, 0.5) is 22.4 Å². The minimum atomic E-state index is -4.72. The monoisotopic (exact) mass is 433 g/mol. The second kappa shape index (κ2) is 9.90. The maximum atomic E-state index is 13.7. The topological polar surface area (TPSA) is 72.9 Å². The number of benzene rings is 1. The summed E-state index contributed by atoms with van der Waals surface area (Å²) in [7, 11) is 1.17. The zero-order valence-corrected chi connectivity index (χ0v) is 16.6. The van der Waals surface area contributed by atoms with Crippen molar-refractivity contribution in [2.75, 3.05) is 20.3 Å². The lowest BCUT2D eigenvalue weighted by Gasteiger charge is -2.38. The number of halogens is 4. The van der Waals surface area contributed by atoms with E-state index >= 15 is 0 Å². The Labute approximate surface area is 171 Å². The van der Waals surface area contributed by atoms with Gasteiger partial charge < -0.3 is 14.4 Å². The van der Waals surface area contributed by atoms with Crippen molar-refractivity contribution in [2.24, 2.45) is 5.92 Å². The number of carbonyl (C=O) groups is 3. The minimum Gasteiger partial charge on any atom is -0.466 e. The summed E-state index contributed by atoms with van der Waals surface area (Å²) in [6, 6.07) is 1.50. The number of methoxy groups -OCH3 is 1. The van der Waals surface area contributed by atoms with Gasteiger partial charge in [0.05, 0.1) is 19.3 Å². The van der Waals surface area contributed by atoms with Gasteiger partial charge in [-0.1, -0.05) is 0 Å². The van der Waals surface area contributed by atoms with Gasteiger partial charge in [-0.3, -0.25) is 9.59 Å². The molecule has 30 heavy (non-hydrogen) atoms. The third kappa shape index (κ3) is 6.17. The third-order valence-electron chi connectivity index (χ3n) is 4.96. The summed E-state index contributed by atoms with van der Waals surface area (Å²) < 4.78 is 62.2. The first-order valence-electron chi connectivity index (χ1n) is 9.44. The predicted molar refractivity (Wildman–Crippen MR) is 97.0 cm³/mol. The number of ether oxygens (including phenoxy) is 2. The van der Waals surface area contributed by atoms with Crippen molar-refractivity contribution in [3.8, 4) is 0 Å². The van der Waals surface area contributed by atoms with Gasteiger partial charge in [0.25, 0.3) is 0 Å². The number of hydrogen-bond acceptors (Lipinski definition) is 5. The van der Waals surface area contributed by atoms with Gasteiger partial charge in [0.1, 0.15) is 18.0 Å². The van der Waals surface area contributed by atoms with Gasteiger partial charge in [0.15, 0.2) is 0 Å². The van der Waals surface area contributed by atoms with Crippen molar-refractivity contribution in [2.45, 2.75) is 44.8 Å². The average molecular weight is 433 g/mol. The summed E-state index contributed by atoms with van der Waals surface area (Å²) in [6.07, 6.45) is -5.53. The van der Waals surface area contributed by atoms with Gasteiger partial charge in [-0.05, 0) is 49.9 Å². The zero-order valence-electron chi connectivity index (χ0n) is 16.6. The number of likely N-dealkylation sites (tertiary alicyclic amines) is 1. The number of alkyl halides is 3. The molecule has 6 nitrogen and oxygen atoms in total. The Balaban J connectivity index is 2.22. The number of rotatable bonds is 6. The average Bonchev–Trinajstić information content (AvgIpc) is 2.66. The number of hydrogen-bond donors (Lipinski definition) is 0. The van der Waals surface area contributed by atoms with Crippen LogP contribution in [0.25, 0.3) is 0 Å². The second-order valence-corrected chi connectivity index (χ2v) is 7.04. The molecular formula is C20H23F4NO5. The van der Waals surface area contributed by atoms with E-state index in [9.17, 15) is 31.9 Å². The first kappa shape index (κ1) is 23.6. The third-order valence-corrected chi connectivity index (χ3v) is 4.96. The molecule has 0 aromatic heterocycles. The van der Waals surface area contributed by atoms with Crippen molar-refractivity contribution in [1.29, 1.82) is 0 Å². The summed E-state index contributed by atoms with van der Waals surface area (Å²) in [6.45, 7) is 1.87. The van der Waals surface area contributed by atoms with Crippen LogP contribution >= 0.6 is 0 Å². The highest BCUT2D eigenvalue weighted by molar-refractivity contribution is 5.96. The van der Waals surface area contributed by atoms with Crippen LogP contribution in [0.2, 0.25) is 0 Å². The smallest absolute Gasteiger partial charge is 0.416 e. The van der Waals surface area contributed by atoms with E-state index in [2.05, 4.69) is 0 Å². The highest BCUT2D eigenvalue weighted by Crippen LogP contribution is 2.32. The molecule has 0 aliphatic carbocycles. The summed E-state index contributed by atoms with van der Waals surface area (Å²) in [5.41, 5.74) is -1.09. The van der Waals surface area contributed by atoms with Crippen molar-refractivity contribution in [1.82, 2.24) is 4.90 Å². The molecule has 166 valence electrons. The quantitative estimate of drug-likeness (QED) is 0.388. The molecule has 1 saturated heterocycles. The van der Waals surface area contributed by atoms with Gasteiger partial charge in [-0.25, -0.2) is 9.18 Å². The Bertz CT molecular complexity index is 796. The van der Waals surface area contributed by atoms with E-state index in [0.717, 1.165) is 12.1 Å². The van der Waals surface area contributed by atoms with Crippen LogP contribution in [0.3, 0.4) is 0 Å². The lowest BCUT2D eigenvalue weighted by molar-refractivity contribution is -0.146. The number of amides is 1. The Hall–Kier alpha value is -2.65. The van der Waals surface area contributed by atoms with Crippen LogP contribution in [0.1, 0.15) is 37.3 Å². The summed E-state index contributed by atoms with van der Waals surface area (Å²) in [4.78, 5) is 37.4. The van der Waals surface area contributed by atoms with Crippen LogP contribution in [0.5, 0.6) is 0 Å². The second-order valence-electron chi connectivity index (χ2n) is 7.04. The van der Waals surface area contributed by atoms with Gasteiger partial charge in [-0.2, -0.15) is 13.2 Å². The first-order chi connectivity index (χ1) is 14.0. The fourth-order valence-corrected chi connectivity index (χ4v) is 3.60. The van der Waals surface area contributed by atoms with E-state index in [1.807, 2.05) is 0 Å². The number of piperidine rings is 1. The molecule has 1 aliphatic heterocycles. The number of ketones is 1. The van der Waals surface area contributed by atoms with E-state index < -0.39 is 48.0 Å².